The zero-order valence-corrected chi connectivity index (χ0v) is 13.1. The summed E-state index contributed by atoms with van der Waals surface area (Å²) in [5.41, 5.74) is 8.59. The fourth-order valence-corrected chi connectivity index (χ4v) is 2.96. The predicted molar refractivity (Wildman–Crippen MR) is 86.1 cm³/mol. The number of halogens is 2. The lowest BCUT2D eigenvalue weighted by atomic mass is 10.0. The van der Waals surface area contributed by atoms with Crippen LogP contribution in [0.4, 0.5) is 5.69 Å². The van der Waals surface area contributed by atoms with Gasteiger partial charge in [0.2, 0.25) is 0 Å². The first kappa shape index (κ1) is 15.0. The molecule has 0 radical (unpaired) electrons. The Morgan fingerprint density at radius 1 is 0.950 bits per heavy atom. The van der Waals surface area contributed by atoms with E-state index in [1.54, 1.807) is 0 Å². The molecule has 0 aromatic heterocycles. The molecule has 2 rings (SSSR count). The Balaban J connectivity index is 2.57. The molecule has 20 heavy (non-hydrogen) atoms. The van der Waals surface area contributed by atoms with E-state index < -0.39 is 0 Å². The largest absolute Gasteiger partial charge is 0.454 e. The van der Waals surface area contributed by atoms with Gasteiger partial charge in [-0.15, -0.1) is 0 Å². The van der Waals surface area contributed by atoms with Gasteiger partial charge in [0.25, 0.3) is 0 Å². The lowest BCUT2D eigenvalue weighted by molar-refractivity contribution is 0.482. The van der Waals surface area contributed by atoms with E-state index in [1.165, 1.54) is 0 Å². The first-order valence-corrected chi connectivity index (χ1v) is 7.36. The van der Waals surface area contributed by atoms with E-state index in [0.717, 1.165) is 24.0 Å². The average molecular weight is 310 g/mol. The standard InChI is InChI=1S/C16H17Cl2NO/c1-3-11-13(17)16(14(18)12(4-2)15(11)19)20-10-8-6-5-7-9-10/h5-9H,3-4,19H2,1-2H3. The SMILES string of the molecule is CCc1c(N)c(CC)c(Cl)c(Oc2ccccc2)c1Cl. The minimum atomic E-state index is 0.488. The molecule has 0 bridgehead atoms. The van der Waals surface area contributed by atoms with Crippen LogP contribution in [0.15, 0.2) is 30.3 Å². The second kappa shape index (κ2) is 6.38. The minimum Gasteiger partial charge on any atom is -0.454 e. The maximum Gasteiger partial charge on any atom is 0.165 e. The van der Waals surface area contributed by atoms with E-state index in [9.17, 15) is 0 Å². The molecule has 0 fully saturated rings. The first-order valence-electron chi connectivity index (χ1n) is 6.61. The van der Waals surface area contributed by atoms with Crippen molar-refractivity contribution in [2.24, 2.45) is 0 Å². The number of benzene rings is 2. The topological polar surface area (TPSA) is 35.2 Å². The van der Waals surface area contributed by atoms with Gasteiger partial charge >= 0.3 is 0 Å². The summed E-state index contributed by atoms with van der Waals surface area (Å²) in [6.45, 7) is 4.02. The fourth-order valence-electron chi connectivity index (χ4n) is 2.18. The molecule has 0 saturated heterocycles. The second-order valence-corrected chi connectivity index (χ2v) is 5.21. The number of ether oxygens (including phenoxy) is 1. The molecule has 0 atom stereocenters. The lowest BCUT2D eigenvalue weighted by Crippen LogP contribution is -2.03. The highest BCUT2D eigenvalue weighted by Gasteiger charge is 2.20. The maximum absolute atomic E-state index is 6.41. The number of rotatable bonds is 4. The molecule has 2 aromatic rings. The smallest absolute Gasteiger partial charge is 0.165 e. The van der Waals surface area contributed by atoms with Crippen molar-refractivity contribution in [3.63, 3.8) is 0 Å². The van der Waals surface area contributed by atoms with Gasteiger partial charge in [0.15, 0.2) is 5.75 Å². The van der Waals surface area contributed by atoms with E-state index in [1.807, 2.05) is 44.2 Å². The summed E-state index contributed by atoms with van der Waals surface area (Å²) in [7, 11) is 0. The van der Waals surface area contributed by atoms with E-state index in [0.29, 0.717) is 27.2 Å². The first-order chi connectivity index (χ1) is 9.60. The highest BCUT2D eigenvalue weighted by atomic mass is 35.5. The van der Waals surface area contributed by atoms with Gasteiger partial charge in [-0.3, -0.25) is 0 Å². The summed E-state index contributed by atoms with van der Waals surface area (Å²) < 4.78 is 5.86. The van der Waals surface area contributed by atoms with Crippen molar-refractivity contribution >= 4 is 28.9 Å². The number of nitrogen functional groups attached to an aromatic ring is 1. The Morgan fingerprint density at radius 2 is 1.45 bits per heavy atom. The van der Waals surface area contributed by atoms with Crippen molar-refractivity contribution in [2.45, 2.75) is 26.7 Å². The summed E-state index contributed by atoms with van der Waals surface area (Å²) in [5.74, 6) is 1.19. The molecular formula is C16H17Cl2NO. The van der Waals surface area contributed by atoms with Gasteiger partial charge in [-0.1, -0.05) is 55.2 Å². The Bertz CT molecular complexity index is 581. The average Bonchev–Trinajstić information content (AvgIpc) is 2.46. The summed E-state index contributed by atoms with van der Waals surface area (Å²) >= 11 is 12.8. The van der Waals surface area contributed by atoms with Gasteiger partial charge in [-0.05, 0) is 36.1 Å². The molecule has 106 valence electrons. The molecule has 0 saturated carbocycles. The monoisotopic (exact) mass is 309 g/mol. The summed E-state index contributed by atoms with van der Waals surface area (Å²) in [6.07, 6.45) is 1.47. The van der Waals surface area contributed by atoms with Crippen molar-refractivity contribution in [1.29, 1.82) is 0 Å². The molecule has 0 aliphatic carbocycles. The number of nitrogens with two attached hydrogens (primary N) is 1. The highest BCUT2D eigenvalue weighted by Crippen LogP contribution is 2.44. The number of anilines is 1. The number of para-hydroxylation sites is 1. The molecule has 0 unspecified atom stereocenters. The van der Waals surface area contributed by atoms with Crippen LogP contribution in [0.5, 0.6) is 11.5 Å². The van der Waals surface area contributed by atoms with Gasteiger partial charge in [0, 0.05) is 5.69 Å². The van der Waals surface area contributed by atoms with Crippen LogP contribution < -0.4 is 10.5 Å². The van der Waals surface area contributed by atoms with E-state index in [4.69, 9.17) is 33.7 Å². The Kier molecular flexibility index (Phi) is 4.79. The molecule has 0 aliphatic heterocycles. The van der Waals surface area contributed by atoms with E-state index in [-0.39, 0.29) is 0 Å². The summed E-state index contributed by atoms with van der Waals surface area (Å²) in [5, 5.41) is 0.993. The van der Waals surface area contributed by atoms with Crippen molar-refractivity contribution in [3.05, 3.63) is 51.5 Å². The third kappa shape index (κ3) is 2.72. The predicted octanol–water partition coefficient (Wildman–Crippen LogP) is 5.49. The zero-order chi connectivity index (χ0) is 14.7. The van der Waals surface area contributed by atoms with Gasteiger partial charge in [-0.2, -0.15) is 0 Å². The fraction of sp³-hybridized carbons (Fsp3) is 0.250. The molecule has 2 N–H and O–H groups in total. The van der Waals surface area contributed by atoms with Crippen molar-refractivity contribution in [1.82, 2.24) is 0 Å². The molecule has 0 aliphatic rings. The van der Waals surface area contributed by atoms with E-state index in [2.05, 4.69) is 0 Å². The maximum atomic E-state index is 6.41. The minimum absolute atomic E-state index is 0.488. The van der Waals surface area contributed by atoms with Crippen LogP contribution in [0.2, 0.25) is 10.0 Å². The van der Waals surface area contributed by atoms with Gasteiger partial charge < -0.3 is 10.5 Å². The molecule has 2 aromatic carbocycles. The molecule has 0 heterocycles. The van der Waals surface area contributed by atoms with Crippen molar-refractivity contribution in [2.75, 3.05) is 5.73 Å². The van der Waals surface area contributed by atoms with Crippen LogP contribution in [0, 0.1) is 0 Å². The number of hydrogen-bond donors (Lipinski definition) is 1. The Labute approximate surface area is 129 Å². The molecule has 0 spiro atoms. The van der Waals surface area contributed by atoms with Crippen LogP contribution in [0.25, 0.3) is 0 Å². The van der Waals surface area contributed by atoms with Crippen LogP contribution in [0.1, 0.15) is 25.0 Å². The van der Waals surface area contributed by atoms with Crippen molar-refractivity contribution in [3.8, 4) is 11.5 Å². The lowest BCUT2D eigenvalue weighted by Gasteiger charge is -2.18. The molecule has 4 heteroatoms. The quantitative estimate of drug-likeness (QED) is 0.758. The van der Waals surface area contributed by atoms with Gasteiger partial charge in [0.1, 0.15) is 5.75 Å². The van der Waals surface area contributed by atoms with Gasteiger partial charge in [0.05, 0.1) is 10.0 Å². The van der Waals surface area contributed by atoms with Crippen LogP contribution in [0.3, 0.4) is 0 Å². The molecule has 0 amide bonds. The van der Waals surface area contributed by atoms with Crippen LogP contribution >= 0.6 is 23.2 Å². The zero-order valence-electron chi connectivity index (χ0n) is 11.5. The van der Waals surface area contributed by atoms with Crippen LogP contribution in [-0.2, 0) is 12.8 Å². The van der Waals surface area contributed by atoms with Gasteiger partial charge in [-0.25, -0.2) is 0 Å². The van der Waals surface area contributed by atoms with Crippen LogP contribution in [-0.4, -0.2) is 0 Å². The third-order valence-corrected chi connectivity index (χ3v) is 4.05. The van der Waals surface area contributed by atoms with E-state index >= 15 is 0 Å². The molecule has 2 nitrogen and oxygen atoms in total. The second-order valence-electron chi connectivity index (χ2n) is 4.45. The Morgan fingerprint density at radius 3 is 1.90 bits per heavy atom. The Hall–Kier alpha value is -1.38. The summed E-state index contributed by atoms with van der Waals surface area (Å²) in [6, 6.07) is 9.44. The summed E-state index contributed by atoms with van der Waals surface area (Å²) in [4.78, 5) is 0. The number of hydrogen-bond acceptors (Lipinski definition) is 2. The third-order valence-electron chi connectivity index (χ3n) is 3.25. The molecular weight excluding hydrogens is 293 g/mol. The normalized spacial score (nSPS) is 10.6. The van der Waals surface area contributed by atoms with Crippen molar-refractivity contribution < 1.29 is 4.74 Å². The highest BCUT2D eigenvalue weighted by molar-refractivity contribution is 6.38.